The molecule has 102 valence electrons. The molecule has 1 aliphatic heterocycles. The first kappa shape index (κ1) is 13.1. The Labute approximate surface area is 118 Å². The van der Waals surface area contributed by atoms with Gasteiger partial charge in [0.05, 0.1) is 11.5 Å². The van der Waals surface area contributed by atoms with Crippen LogP contribution in [0.4, 0.5) is 4.39 Å². The Balaban J connectivity index is 1.66. The Morgan fingerprint density at radius 2 is 1.80 bits per heavy atom. The van der Waals surface area contributed by atoms with Crippen LogP contribution in [-0.2, 0) is 12.0 Å². The van der Waals surface area contributed by atoms with Crippen LogP contribution < -0.4 is 0 Å². The minimum Gasteiger partial charge on any atom is -0.295 e. The van der Waals surface area contributed by atoms with Gasteiger partial charge < -0.3 is 0 Å². The Kier molecular flexibility index (Phi) is 3.00. The first-order valence-electron chi connectivity index (χ1n) is 6.92. The second-order valence-electron chi connectivity index (χ2n) is 5.93. The highest BCUT2D eigenvalue weighted by atomic mass is 19.1. The summed E-state index contributed by atoms with van der Waals surface area (Å²) in [6.45, 7) is 1.47. The molecule has 20 heavy (non-hydrogen) atoms. The fourth-order valence-corrected chi connectivity index (χ4v) is 2.85. The number of benzene rings is 1. The van der Waals surface area contributed by atoms with Gasteiger partial charge in [0.15, 0.2) is 0 Å². The van der Waals surface area contributed by atoms with Gasteiger partial charge in [0.2, 0.25) is 5.67 Å². The molecular weight excluding hydrogens is 253 g/mol. The molecule has 1 heterocycles. The zero-order valence-electron chi connectivity index (χ0n) is 11.3. The molecule has 3 nitrogen and oxygen atoms in total. The molecule has 1 unspecified atom stereocenters. The molecule has 0 spiro atoms. The van der Waals surface area contributed by atoms with Crippen molar-refractivity contribution in [1.82, 2.24) is 4.90 Å². The van der Waals surface area contributed by atoms with Crippen LogP contribution in [0.25, 0.3) is 0 Å². The summed E-state index contributed by atoms with van der Waals surface area (Å²) in [5.41, 5.74) is 0.256. The van der Waals surface area contributed by atoms with Crippen molar-refractivity contribution in [1.29, 1.82) is 10.5 Å². The molecule has 3 rings (SSSR count). The van der Waals surface area contributed by atoms with Crippen molar-refractivity contribution in [3.63, 3.8) is 0 Å². The van der Waals surface area contributed by atoms with Crippen molar-refractivity contribution < 1.29 is 4.39 Å². The van der Waals surface area contributed by atoms with Crippen LogP contribution in [0.5, 0.6) is 0 Å². The molecule has 4 heteroatoms. The summed E-state index contributed by atoms with van der Waals surface area (Å²) in [4.78, 5) is 1.97. The van der Waals surface area contributed by atoms with Crippen molar-refractivity contribution in [3.8, 4) is 12.1 Å². The smallest absolute Gasteiger partial charge is 0.209 e. The Morgan fingerprint density at radius 3 is 2.30 bits per heavy atom. The normalized spacial score (nSPS) is 27.8. The summed E-state index contributed by atoms with van der Waals surface area (Å²) in [5.74, 6) is 0. The zero-order chi connectivity index (χ0) is 14.2. The maximum Gasteiger partial charge on any atom is 0.209 e. The van der Waals surface area contributed by atoms with E-state index in [9.17, 15) is 4.39 Å². The lowest BCUT2D eigenvalue weighted by molar-refractivity contribution is 0.225. The highest BCUT2D eigenvalue weighted by molar-refractivity contribution is 5.40. The van der Waals surface area contributed by atoms with Crippen molar-refractivity contribution in [2.75, 3.05) is 13.1 Å². The lowest BCUT2D eigenvalue weighted by Gasteiger charge is -2.16. The second-order valence-corrected chi connectivity index (χ2v) is 5.93. The number of halogens is 1. The van der Waals surface area contributed by atoms with Crippen molar-refractivity contribution >= 4 is 0 Å². The van der Waals surface area contributed by atoms with Gasteiger partial charge in [-0.1, -0.05) is 24.3 Å². The van der Waals surface area contributed by atoms with E-state index in [1.165, 1.54) is 0 Å². The van der Waals surface area contributed by atoms with Crippen LogP contribution in [0.2, 0.25) is 0 Å². The monoisotopic (exact) mass is 269 g/mol. The Hall–Kier alpha value is -1.91. The molecule has 1 aromatic carbocycles. The van der Waals surface area contributed by atoms with Crippen LogP contribution in [0, 0.1) is 22.7 Å². The van der Waals surface area contributed by atoms with Crippen LogP contribution >= 0.6 is 0 Å². The van der Waals surface area contributed by atoms with Gasteiger partial charge in [0.25, 0.3) is 0 Å². The summed E-state index contributed by atoms with van der Waals surface area (Å²) in [7, 11) is 0. The fraction of sp³-hybridized carbons (Fsp3) is 0.500. The number of hydrogen-bond donors (Lipinski definition) is 0. The van der Waals surface area contributed by atoms with E-state index in [0.29, 0.717) is 19.5 Å². The molecule has 0 N–H and O–H groups in total. The average Bonchev–Trinajstić information content (AvgIpc) is 3.19. The maximum atomic E-state index is 13.8. The number of nitrogens with zero attached hydrogens (tertiary/aromatic N) is 3. The van der Waals surface area contributed by atoms with Crippen molar-refractivity contribution in [2.45, 2.75) is 36.9 Å². The molecule has 0 aromatic heterocycles. The topological polar surface area (TPSA) is 50.8 Å². The molecule has 1 saturated carbocycles. The zero-order valence-corrected chi connectivity index (χ0v) is 11.3. The molecule has 2 fully saturated rings. The summed E-state index contributed by atoms with van der Waals surface area (Å²) in [5, 5.41) is 18.0. The van der Waals surface area contributed by atoms with E-state index in [1.54, 1.807) is 6.07 Å². The summed E-state index contributed by atoms with van der Waals surface area (Å²) < 4.78 is 13.8. The van der Waals surface area contributed by atoms with Crippen LogP contribution in [-0.4, -0.2) is 23.7 Å². The third-order valence-corrected chi connectivity index (χ3v) is 4.38. The van der Waals surface area contributed by atoms with E-state index in [0.717, 1.165) is 24.0 Å². The van der Waals surface area contributed by atoms with Crippen LogP contribution in [0.3, 0.4) is 0 Å². The lowest BCUT2D eigenvalue weighted by atomic mass is 9.96. The maximum absolute atomic E-state index is 13.8. The molecule has 2 aliphatic rings. The molecule has 1 aromatic rings. The van der Waals surface area contributed by atoms with E-state index in [2.05, 4.69) is 6.07 Å². The number of alkyl halides is 1. The quantitative estimate of drug-likeness (QED) is 0.847. The van der Waals surface area contributed by atoms with Gasteiger partial charge >= 0.3 is 0 Å². The van der Waals surface area contributed by atoms with Gasteiger partial charge in [-0.15, -0.1) is 0 Å². The first-order valence-corrected chi connectivity index (χ1v) is 6.92. The van der Waals surface area contributed by atoms with Gasteiger partial charge in [-0.25, -0.2) is 4.39 Å². The van der Waals surface area contributed by atoms with E-state index in [1.807, 2.05) is 29.2 Å². The molecule has 1 atom stereocenters. The predicted octanol–water partition coefficient (Wildman–Crippen LogP) is 2.68. The number of rotatable bonds is 3. The van der Waals surface area contributed by atoms with Crippen LogP contribution in [0.15, 0.2) is 24.3 Å². The van der Waals surface area contributed by atoms with Gasteiger partial charge in [0.1, 0.15) is 6.07 Å². The predicted molar refractivity (Wildman–Crippen MR) is 72.3 cm³/mol. The Bertz CT molecular complexity index is 592. The molecule has 0 amide bonds. The van der Waals surface area contributed by atoms with Gasteiger partial charge in [0, 0.05) is 26.1 Å². The van der Waals surface area contributed by atoms with E-state index in [4.69, 9.17) is 10.5 Å². The summed E-state index contributed by atoms with van der Waals surface area (Å²) in [6.07, 6.45) is 2.18. The van der Waals surface area contributed by atoms with Gasteiger partial charge in [-0.3, -0.25) is 4.90 Å². The van der Waals surface area contributed by atoms with Gasteiger partial charge in [-0.05, 0) is 24.0 Å². The van der Waals surface area contributed by atoms with E-state index in [-0.39, 0.29) is 12.0 Å². The van der Waals surface area contributed by atoms with Crippen LogP contribution in [0.1, 0.15) is 30.4 Å². The third kappa shape index (κ3) is 2.28. The standard InChI is InChI=1S/C16H16FN3/c17-16(11-19)7-8-20(12-16)9-13-1-3-14(4-2-13)15(10-18)5-6-15/h1-4H,5-9,12H2. The van der Waals surface area contributed by atoms with Crippen molar-refractivity contribution in [3.05, 3.63) is 35.4 Å². The lowest BCUT2D eigenvalue weighted by Crippen LogP contribution is -2.27. The molecule has 1 aliphatic carbocycles. The highest BCUT2D eigenvalue weighted by Crippen LogP contribution is 2.47. The summed E-state index contributed by atoms with van der Waals surface area (Å²) in [6, 6.07) is 12.2. The summed E-state index contributed by atoms with van der Waals surface area (Å²) >= 11 is 0. The molecule has 0 radical (unpaired) electrons. The van der Waals surface area contributed by atoms with E-state index >= 15 is 0 Å². The fourth-order valence-electron chi connectivity index (χ4n) is 2.85. The second kappa shape index (κ2) is 4.58. The highest BCUT2D eigenvalue weighted by Gasteiger charge is 2.44. The number of hydrogen-bond acceptors (Lipinski definition) is 3. The average molecular weight is 269 g/mol. The van der Waals surface area contributed by atoms with Gasteiger partial charge in [-0.2, -0.15) is 10.5 Å². The molecule has 1 saturated heterocycles. The Morgan fingerprint density at radius 1 is 1.10 bits per heavy atom. The SMILES string of the molecule is N#CC1(F)CCN(Cc2ccc(C3(C#N)CC3)cc2)C1. The minimum absolute atomic E-state index is 0.188. The van der Waals surface area contributed by atoms with E-state index < -0.39 is 5.67 Å². The molecule has 0 bridgehead atoms. The minimum atomic E-state index is -1.68. The largest absolute Gasteiger partial charge is 0.295 e. The molecular formula is C16H16FN3. The number of likely N-dealkylation sites (tertiary alicyclic amines) is 1. The number of nitriles is 2. The first-order chi connectivity index (χ1) is 9.59. The van der Waals surface area contributed by atoms with Crippen molar-refractivity contribution in [2.24, 2.45) is 0 Å². The third-order valence-electron chi connectivity index (χ3n) is 4.38.